The zero-order valence-electron chi connectivity index (χ0n) is 19.9. The average Bonchev–Trinajstić information content (AvgIpc) is 3.13. The number of amides is 1. The van der Waals surface area contributed by atoms with Crippen molar-refractivity contribution < 1.29 is 35.9 Å². The van der Waals surface area contributed by atoms with Gasteiger partial charge in [-0.05, 0) is 73.5 Å². The zero-order chi connectivity index (χ0) is 27.9. The molecule has 0 fully saturated rings. The van der Waals surface area contributed by atoms with E-state index in [9.17, 15) is 31.1 Å². The molecule has 0 spiro atoms. The summed E-state index contributed by atoms with van der Waals surface area (Å²) >= 11 is 6.15. The summed E-state index contributed by atoms with van der Waals surface area (Å²) in [4.78, 5) is 18.4. The Labute approximate surface area is 218 Å². The Morgan fingerprint density at radius 2 is 1.66 bits per heavy atom. The summed E-state index contributed by atoms with van der Waals surface area (Å²) in [5.74, 6) is -0.957. The Bertz CT molecular complexity index is 1350. The van der Waals surface area contributed by atoms with Crippen molar-refractivity contribution in [2.75, 3.05) is 4.90 Å². The van der Waals surface area contributed by atoms with Crippen LogP contribution in [0.3, 0.4) is 0 Å². The number of nitrogens with one attached hydrogen (secondary N) is 1. The molecule has 1 amide bonds. The van der Waals surface area contributed by atoms with E-state index in [4.69, 9.17) is 11.6 Å². The average molecular weight is 556 g/mol. The number of rotatable bonds is 6. The van der Waals surface area contributed by atoms with Crippen LogP contribution in [0.15, 0.2) is 78.6 Å². The van der Waals surface area contributed by atoms with E-state index in [1.54, 1.807) is 44.2 Å². The minimum atomic E-state index is -4.87. The van der Waals surface area contributed by atoms with Gasteiger partial charge in [-0.1, -0.05) is 29.8 Å². The molecule has 0 aliphatic carbocycles. The molecule has 2 heterocycles. The number of nitrogens with zero attached hydrogens (tertiary/aromatic N) is 2. The maximum Gasteiger partial charge on any atom is 0.573 e. The lowest BCUT2D eigenvalue weighted by Crippen LogP contribution is -2.40. The van der Waals surface area contributed by atoms with E-state index in [1.165, 1.54) is 23.1 Å². The summed E-state index contributed by atoms with van der Waals surface area (Å²) in [6.45, 7) is 3.34. The van der Waals surface area contributed by atoms with Crippen molar-refractivity contribution in [2.45, 2.75) is 38.0 Å². The lowest BCUT2D eigenvalue weighted by Gasteiger charge is -2.29. The van der Waals surface area contributed by atoms with Gasteiger partial charge in [0.1, 0.15) is 11.4 Å². The van der Waals surface area contributed by atoms with Crippen molar-refractivity contribution in [3.8, 4) is 5.75 Å². The first kappa shape index (κ1) is 27.3. The van der Waals surface area contributed by atoms with E-state index in [2.05, 4.69) is 15.0 Å². The predicted molar refractivity (Wildman–Crippen MR) is 128 cm³/mol. The Morgan fingerprint density at radius 1 is 0.974 bits per heavy atom. The molecule has 0 radical (unpaired) electrons. The van der Waals surface area contributed by atoms with E-state index < -0.39 is 41.5 Å². The Kier molecular flexibility index (Phi) is 7.09. The number of aromatic nitrogens is 1. The molecule has 1 unspecified atom stereocenters. The van der Waals surface area contributed by atoms with Crippen LogP contribution in [0.1, 0.15) is 36.7 Å². The molecule has 1 atom stereocenters. The fraction of sp³-hybridized carbons (Fsp3) is 0.231. The topological polar surface area (TPSA) is 54.5 Å². The molecule has 200 valence electrons. The molecule has 0 saturated heterocycles. The minimum Gasteiger partial charge on any atom is -0.406 e. The summed E-state index contributed by atoms with van der Waals surface area (Å²) < 4.78 is 80.4. The number of hydrogen-bond acceptors (Lipinski definition) is 4. The molecule has 0 saturated carbocycles. The number of alkyl halides is 6. The van der Waals surface area contributed by atoms with Gasteiger partial charge in [-0.2, -0.15) is 13.2 Å². The van der Waals surface area contributed by atoms with Crippen molar-refractivity contribution in [3.63, 3.8) is 0 Å². The highest BCUT2D eigenvalue weighted by molar-refractivity contribution is 6.30. The van der Waals surface area contributed by atoms with Crippen LogP contribution in [0, 0.1) is 0 Å². The van der Waals surface area contributed by atoms with Crippen LogP contribution in [-0.2, 0) is 16.5 Å². The smallest absolute Gasteiger partial charge is 0.406 e. The van der Waals surface area contributed by atoms with Gasteiger partial charge in [0, 0.05) is 16.9 Å². The molecule has 5 nitrogen and oxygen atoms in total. The molecule has 4 rings (SSSR count). The first-order valence-electron chi connectivity index (χ1n) is 11.1. The number of halogens is 7. The molecule has 1 aliphatic heterocycles. The standard InChI is InChI=1S/C26H20ClF6N3O2/c1-24(2,16-6-11-22(34-14-16)25(28,29)30)35-20-13-21(15-4-3-5-17(27)12-15)36(23(20)37)18-7-9-19(10-8-18)38-26(31,32)33/h3-14,21,35H,1-2H3. The van der Waals surface area contributed by atoms with Crippen LogP contribution in [0.2, 0.25) is 5.02 Å². The first-order valence-corrected chi connectivity index (χ1v) is 11.5. The maximum atomic E-state index is 13.6. The van der Waals surface area contributed by atoms with Crippen LogP contribution in [-0.4, -0.2) is 17.3 Å². The molecule has 3 aromatic rings. The Balaban J connectivity index is 1.66. The van der Waals surface area contributed by atoms with Gasteiger partial charge in [0.15, 0.2) is 0 Å². The third kappa shape index (κ3) is 6.04. The number of anilines is 1. The molecule has 38 heavy (non-hydrogen) atoms. The van der Waals surface area contributed by atoms with Crippen LogP contribution in [0.25, 0.3) is 0 Å². The quantitative estimate of drug-likeness (QED) is 0.328. The van der Waals surface area contributed by atoms with Gasteiger partial charge in [0.25, 0.3) is 5.91 Å². The van der Waals surface area contributed by atoms with Crippen LogP contribution < -0.4 is 15.0 Å². The van der Waals surface area contributed by atoms with E-state index in [1.807, 2.05) is 0 Å². The van der Waals surface area contributed by atoms with E-state index in [0.29, 0.717) is 16.1 Å². The first-order chi connectivity index (χ1) is 17.6. The monoisotopic (exact) mass is 555 g/mol. The summed E-state index contributed by atoms with van der Waals surface area (Å²) in [6.07, 6.45) is -6.76. The molecular formula is C26H20ClF6N3O2. The number of carbonyl (C=O) groups is 1. The van der Waals surface area contributed by atoms with Gasteiger partial charge in [-0.15, -0.1) is 13.2 Å². The zero-order valence-corrected chi connectivity index (χ0v) is 20.6. The highest BCUT2D eigenvalue weighted by Crippen LogP contribution is 2.38. The van der Waals surface area contributed by atoms with Gasteiger partial charge in [-0.25, -0.2) is 0 Å². The van der Waals surface area contributed by atoms with Crippen molar-refractivity contribution in [1.82, 2.24) is 10.3 Å². The third-order valence-electron chi connectivity index (χ3n) is 5.81. The number of carbonyl (C=O) groups excluding carboxylic acids is 1. The van der Waals surface area contributed by atoms with Crippen molar-refractivity contribution in [3.05, 3.63) is 100 Å². The third-order valence-corrected chi connectivity index (χ3v) is 6.05. The van der Waals surface area contributed by atoms with Gasteiger partial charge in [0.05, 0.1) is 17.3 Å². The lowest BCUT2D eigenvalue weighted by molar-refractivity contribution is -0.274. The molecule has 1 aromatic heterocycles. The SMILES string of the molecule is CC(C)(NC1=CC(c2cccc(Cl)c2)N(c2ccc(OC(F)(F)F)cc2)C1=O)c1ccc(C(F)(F)F)nc1. The molecular weight excluding hydrogens is 536 g/mol. The Morgan fingerprint density at radius 3 is 2.21 bits per heavy atom. The van der Waals surface area contributed by atoms with Crippen molar-refractivity contribution in [2.24, 2.45) is 0 Å². The summed E-state index contributed by atoms with van der Waals surface area (Å²) in [7, 11) is 0. The summed E-state index contributed by atoms with van der Waals surface area (Å²) in [5, 5.41) is 3.49. The van der Waals surface area contributed by atoms with Crippen molar-refractivity contribution in [1.29, 1.82) is 0 Å². The fourth-order valence-electron chi connectivity index (χ4n) is 4.02. The molecule has 2 aromatic carbocycles. The van der Waals surface area contributed by atoms with Gasteiger partial charge in [-0.3, -0.25) is 14.7 Å². The van der Waals surface area contributed by atoms with E-state index in [0.717, 1.165) is 24.4 Å². The second-order valence-corrected chi connectivity index (χ2v) is 9.41. The second kappa shape index (κ2) is 9.86. The normalized spacial score (nSPS) is 16.4. The van der Waals surface area contributed by atoms with Crippen LogP contribution >= 0.6 is 11.6 Å². The molecule has 1 aliphatic rings. The van der Waals surface area contributed by atoms with Crippen LogP contribution in [0.5, 0.6) is 5.75 Å². The fourth-order valence-corrected chi connectivity index (χ4v) is 4.22. The molecule has 1 N–H and O–H groups in total. The highest BCUT2D eigenvalue weighted by atomic mass is 35.5. The maximum absolute atomic E-state index is 13.6. The largest absolute Gasteiger partial charge is 0.573 e. The van der Waals surface area contributed by atoms with E-state index in [-0.39, 0.29) is 11.4 Å². The number of ether oxygens (including phenoxy) is 1. The minimum absolute atomic E-state index is 0.135. The molecule has 12 heteroatoms. The summed E-state index contributed by atoms with van der Waals surface area (Å²) in [5.41, 5.74) is -0.610. The van der Waals surface area contributed by atoms with Gasteiger partial charge in [0.2, 0.25) is 0 Å². The highest BCUT2D eigenvalue weighted by Gasteiger charge is 2.38. The summed E-state index contributed by atoms with van der Waals surface area (Å²) in [6, 6.07) is 13.0. The second-order valence-electron chi connectivity index (χ2n) is 8.98. The van der Waals surface area contributed by atoms with Gasteiger partial charge < -0.3 is 10.1 Å². The Hall–Kier alpha value is -3.73. The lowest BCUT2D eigenvalue weighted by atomic mass is 9.95. The predicted octanol–water partition coefficient (Wildman–Crippen LogP) is 7.15. The van der Waals surface area contributed by atoms with E-state index >= 15 is 0 Å². The van der Waals surface area contributed by atoms with Crippen molar-refractivity contribution >= 4 is 23.2 Å². The molecule has 0 bridgehead atoms. The van der Waals surface area contributed by atoms with Crippen LogP contribution in [0.4, 0.5) is 32.0 Å². The van der Waals surface area contributed by atoms with Gasteiger partial charge >= 0.3 is 12.5 Å². The number of benzene rings is 2. The number of pyridine rings is 1. The number of hydrogen-bond donors (Lipinski definition) is 1.